The van der Waals surface area contributed by atoms with Crippen molar-refractivity contribution in [1.82, 2.24) is 10.3 Å². The average Bonchev–Trinajstić information content (AvgIpc) is 2.65. The molecule has 1 aromatic heterocycles. The summed E-state index contributed by atoms with van der Waals surface area (Å²) in [5, 5.41) is 4.96. The van der Waals surface area contributed by atoms with Gasteiger partial charge in [0.05, 0.1) is 5.01 Å². The Morgan fingerprint density at radius 1 is 1.53 bits per heavy atom. The molecule has 1 heterocycles. The number of aromatic nitrogens is 1. The van der Waals surface area contributed by atoms with E-state index in [2.05, 4.69) is 23.4 Å². The Morgan fingerprint density at radius 2 is 2.33 bits per heavy atom. The van der Waals surface area contributed by atoms with Crippen LogP contribution in [-0.2, 0) is 6.54 Å². The van der Waals surface area contributed by atoms with Crippen LogP contribution in [0.15, 0.2) is 6.20 Å². The first-order valence-electron chi connectivity index (χ1n) is 6.01. The summed E-state index contributed by atoms with van der Waals surface area (Å²) in [6.07, 6.45) is 7.55. The van der Waals surface area contributed by atoms with Crippen LogP contribution >= 0.6 is 11.3 Å². The molecule has 0 aromatic carbocycles. The summed E-state index contributed by atoms with van der Waals surface area (Å²) in [4.78, 5) is 5.95. The quantitative estimate of drug-likeness (QED) is 0.847. The van der Waals surface area contributed by atoms with Crippen molar-refractivity contribution in [2.45, 2.75) is 51.1 Å². The van der Waals surface area contributed by atoms with Crippen molar-refractivity contribution in [3.63, 3.8) is 0 Å². The predicted molar refractivity (Wildman–Crippen MR) is 63.1 cm³/mol. The van der Waals surface area contributed by atoms with E-state index in [-0.39, 0.29) is 0 Å². The second-order valence-electron chi connectivity index (χ2n) is 4.99. The molecule has 82 valence electrons. The minimum absolute atomic E-state index is 0.777. The largest absolute Gasteiger partial charge is 0.309 e. The topological polar surface area (TPSA) is 24.9 Å². The molecule has 0 saturated heterocycles. The van der Waals surface area contributed by atoms with Gasteiger partial charge in [-0.1, -0.05) is 13.3 Å². The maximum atomic E-state index is 4.53. The van der Waals surface area contributed by atoms with E-state index in [1.165, 1.54) is 35.6 Å². The van der Waals surface area contributed by atoms with Crippen LogP contribution in [0.5, 0.6) is 0 Å². The number of hydrogen-bond acceptors (Lipinski definition) is 3. The van der Waals surface area contributed by atoms with Crippen molar-refractivity contribution in [1.29, 1.82) is 0 Å². The molecule has 2 saturated carbocycles. The van der Waals surface area contributed by atoms with Crippen LogP contribution in [0.3, 0.4) is 0 Å². The number of nitrogens with one attached hydrogen (secondary N) is 1. The maximum Gasteiger partial charge on any atom is 0.0959 e. The van der Waals surface area contributed by atoms with Crippen molar-refractivity contribution in [2.24, 2.45) is 5.92 Å². The lowest BCUT2D eigenvalue weighted by atomic mass is 9.86. The van der Waals surface area contributed by atoms with E-state index in [9.17, 15) is 0 Å². The molecule has 3 rings (SSSR count). The van der Waals surface area contributed by atoms with Crippen LogP contribution in [0.1, 0.15) is 48.4 Å². The Hall–Kier alpha value is -0.410. The fraction of sp³-hybridized carbons (Fsp3) is 0.750. The zero-order valence-corrected chi connectivity index (χ0v) is 10.0. The fourth-order valence-corrected chi connectivity index (χ4v) is 3.12. The van der Waals surface area contributed by atoms with Crippen LogP contribution in [0.4, 0.5) is 0 Å². The number of hydrogen-bond donors (Lipinski definition) is 1. The second kappa shape index (κ2) is 3.87. The molecule has 15 heavy (non-hydrogen) atoms. The van der Waals surface area contributed by atoms with Crippen LogP contribution in [-0.4, -0.2) is 11.0 Å². The molecule has 0 radical (unpaired) electrons. The Labute approximate surface area is 95.1 Å². The standard InChI is InChI=1S/C12H18N2S/c1-8-5-11(8)13-6-10-7-14-12(15-10)9-3-2-4-9/h7-9,11,13H,2-6H2,1H3. The first kappa shape index (κ1) is 9.79. The van der Waals surface area contributed by atoms with Gasteiger partial charge in [-0.3, -0.25) is 0 Å². The molecule has 0 amide bonds. The normalized spacial score (nSPS) is 30.2. The number of rotatable bonds is 4. The SMILES string of the molecule is CC1CC1NCc1cnc(C2CCC2)s1. The van der Waals surface area contributed by atoms with E-state index < -0.39 is 0 Å². The maximum absolute atomic E-state index is 4.53. The Morgan fingerprint density at radius 3 is 2.93 bits per heavy atom. The lowest BCUT2D eigenvalue weighted by Crippen LogP contribution is -2.16. The van der Waals surface area contributed by atoms with Gasteiger partial charge < -0.3 is 5.32 Å². The third-order valence-electron chi connectivity index (χ3n) is 3.67. The molecule has 1 aromatic rings. The highest BCUT2D eigenvalue weighted by Gasteiger charge is 2.31. The lowest BCUT2D eigenvalue weighted by molar-refractivity contribution is 0.418. The Kier molecular flexibility index (Phi) is 2.53. The van der Waals surface area contributed by atoms with Crippen molar-refractivity contribution in [3.05, 3.63) is 16.1 Å². The molecule has 0 aliphatic heterocycles. The molecule has 2 aliphatic carbocycles. The van der Waals surface area contributed by atoms with Gasteiger partial charge in [-0.2, -0.15) is 0 Å². The highest BCUT2D eigenvalue weighted by Crippen LogP contribution is 2.38. The molecule has 2 unspecified atom stereocenters. The van der Waals surface area contributed by atoms with Crippen LogP contribution in [0.2, 0.25) is 0 Å². The lowest BCUT2D eigenvalue weighted by Gasteiger charge is -2.22. The third kappa shape index (κ3) is 2.08. The summed E-state index contributed by atoms with van der Waals surface area (Å²) in [5.41, 5.74) is 0. The summed E-state index contributed by atoms with van der Waals surface area (Å²) in [7, 11) is 0. The van der Waals surface area contributed by atoms with E-state index >= 15 is 0 Å². The van der Waals surface area contributed by atoms with E-state index in [0.29, 0.717) is 0 Å². The highest BCUT2D eigenvalue weighted by molar-refractivity contribution is 7.11. The van der Waals surface area contributed by atoms with Gasteiger partial charge in [0.15, 0.2) is 0 Å². The summed E-state index contributed by atoms with van der Waals surface area (Å²) in [5.74, 6) is 1.69. The average molecular weight is 222 g/mol. The second-order valence-corrected chi connectivity index (χ2v) is 6.14. The first-order chi connectivity index (χ1) is 7.33. The zero-order chi connectivity index (χ0) is 10.3. The zero-order valence-electron chi connectivity index (χ0n) is 9.20. The highest BCUT2D eigenvalue weighted by atomic mass is 32.1. The van der Waals surface area contributed by atoms with Crippen molar-refractivity contribution in [3.8, 4) is 0 Å². The van der Waals surface area contributed by atoms with Gasteiger partial charge in [0.25, 0.3) is 0 Å². The Balaban J connectivity index is 1.53. The molecule has 0 bridgehead atoms. The number of thiazole rings is 1. The van der Waals surface area contributed by atoms with Gasteiger partial charge in [-0.05, 0) is 25.2 Å². The molecular formula is C12H18N2S. The van der Waals surface area contributed by atoms with Crippen molar-refractivity contribution >= 4 is 11.3 Å². The minimum atomic E-state index is 0.777. The minimum Gasteiger partial charge on any atom is -0.309 e. The summed E-state index contributed by atoms with van der Waals surface area (Å²) in [6.45, 7) is 3.34. The predicted octanol–water partition coefficient (Wildman–Crippen LogP) is 2.91. The van der Waals surface area contributed by atoms with Crippen LogP contribution < -0.4 is 5.32 Å². The van der Waals surface area contributed by atoms with Crippen LogP contribution in [0.25, 0.3) is 0 Å². The number of nitrogens with zero attached hydrogens (tertiary/aromatic N) is 1. The van der Waals surface area contributed by atoms with E-state index in [1.807, 2.05) is 11.3 Å². The Bertz CT molecular complexity index is 343. The summed E-state index contributed by atoms with van der Waals surface area (Å²) < 4.78 is 0. The van der Waals surface area contributed by atoms with Gasteiger partial charge in [0.1, 0.15) is 0 Å². The summed E-state index contributed by atoms with van der Waals surface area (Å²) in [6, 6.07) is 0.777. The van der Waals surface area contributed by atoms with E-state index in [4.69, 9.17) is 0 Å². The first-order valence-corrected chi connectivity index (χ1v) is 6.82. The molecule has 3 heteroatoms. The fourth-order valence-electron chi connectivity index (χ4n) is 2.09. The molecule has 2 aliphatic rings. The third-order valence-corrected chi connectivity index (χ3v) is 4.83. The molecule has 1 N–H and O–H groups in total. The van der Waals surface area contributed by atoms with Crippen LogP contribution in [0, 0.1) is 5.92 Å². The van der Waals surface area contributed by atoms with Gasteiger partial charge >= 0.3 is 0 Å². The van der Waals surface area contributed by atoms with Gasteiger partial charge in [-0.15, -0.1) is 11.3 Å². The molecule has 2 nitrogen and oxygen atoms in total. The van der Waals surface area contributed by atoms with E-state index in [0.717, 1.165) is 24.4 Å². The van der Waals surface area contributed by atoms with Crippen molar-refractivity contribution < 1.29 is 0 Å². The van der Waals surface area contributed by atoms with Gasteiger partial charge in [0, 0.05) is 29.6 Å². The van der Waals surface area contributed by atoms with Crippen molar-refractivity contribution in [2.75, 3.05) is 0 Å². The molecule has 2 atom stereocenters. The summed E-state index contributed by atoms with van der Waals surface area (Å²) >= 11 is 1.91. The molecular weight excluding hydrogens is 204 g/mol. The molecule has 2 fully saturated rings. The van der Waals surface area contributed by atoms with Gasteiger partial charge in [-0.25, -0.2) is 4.98 Å². The van der Waals surface area contributed by atoms with Gasteiger partial charge in [0.2, 0.25) is 0 Å². The molecule has 0 spiro atoms. The smallest absolute Gasteiger partial charge is 0.0959 e. The van der Waals surface area contributed by atoms with E-state index in [1.54, 1.807) is 0 Å². The monoisotopic (exact) mass is 222 g/mol.